The zero-order valence-electron chi connectivity index (χ0n) is 31.4. The summed E-state index contributed by atoms with van der Waals surface area (Å²) >= 11 is 0. The molecule has 0 rings (SSSR count). The summed E-state index contributed by atoms with van der Waals surface area (Å²) in [6, 6.07) is 0. The minimum atomic E-state index is -0.648. The van der Waals surface area contributed by atoms with Crippen LogP contribution in [-0.4, -0.2) is 35.6 Å². The highest BCUT2D eigenvalue weighted by Gasteiger charge is 2.07. The van der Waals surface area contributed by atoms with Gasteiger partial charge < -0.3 is 10.0 Å². The molecule has 0 aliphatic carbocycles. The van der Waals surface area contributed by atoms with Crippen LogP contribution in [-0.2, 0) is 4.79 Å². The summed E-state index contributed by atoms with van der Waals surface area (Å²) in [7, 11) is 0. The van der Waals surface area contributed by atoms with Gasteiger partial charge in [-0.2, -0.15) is 0 Å². The number of unbranched alkanes of at least 4 members (excludes halogenated alkanes) is 32. The molecule has 3 heteroatoms. The van der Waals surface area contributed by atoms with Gasteiger partial charge in [-0.05, 0) is 38.9 Å². The van der Waals surface area contributed by atoms with E-state index in [-0.39, 0.29) is 0 Å². The average Bonchev–Trinajstić information content (AvgIpc) is 3.03. The van der Waals surface area contributed by atoms with E-state index in [9.17, 15) is 4.79 Å². The third-order valence-electron chi connectivity index (χ3n) is 10.0. The minimum absolute atomic E-state index is 0.314. The highest BCUT2D eigenvalue weighted by Crippen LogP contribution is 2.16. The molecule has 0 aromatic carbocycles. The molecular weight excluding hydrogens is 550 g/mol. The quantitative estimate of drug-likeness (QED) is 0.0681. The molecule has 270 valence electrons. The first-order valence-corrected chi connectivity index (χ1v) is 21.1. The molecule has 0 atom stereocenters. The third kappa shape index (κ3) is 39.5. The van der Waals surface area contributed by atoms with Crippen molar-refractivity contribution < 1.29 is 9.90 Å². The van der Waals surface area contributed by atoms with Gasteiger partial charge in [-0.15, -0.1) is 0 Å². The van der Waals surface area contributed by atoms with Crippen molar-refractivity contribution in [2.45, 2.75) is 245 Å². The highest BCUT2D eigenvalue weighted by molar-refractivity contribution is 5.66. The lowest BCUT2D eigenvalue weighted by Gasteiger charge is -2.22. The number of carboxylic acid groups (broad SMARTS) is 1. The van der Waals surface area contributed by atoms with Gasteiger partial charge in [0.25, 0.3) is 0 Å². The van der Waals surface area contributed by atoms with Crippen LogP contribution in [0.1, 0.15) is 245 Å². The van der Waals surface area contributed by atoms with Crippen molar-refractivity contribution in [3.05, 3.63) is 0 Å². The van der Waals surface area contributed by atoms with Crippen LogP contribution in [0.15, 0.2) is 0 Å². The van der Waals surface area contributed by atoms with Crippen LogP contribution in [0.3, 0.4) is 0 Å². The number of carbonyl (C=O) groups is 1. The van der Waals surface area contributed by atoms with Gasteiger partial charge in [0.1, 0.15) is 0 Å². The Morgan fingerprint density at radius 2 is 0.533 bits per heavy atom. The summed E-state index contributed by atoms with van der Waals surface area (Å²) in [4.78, 5) is 13.6. The summed E-state index contributed by atoms with van der Waals surface area (Å²) in [6.45, 7) is 7.88. The van der Waals surface area contributed by atoms with Crippen LogP contribution in [0.5, 0.6) is 0 Å². The molecule has 0 spiro atoms. The first kappa shape index (κ1) is 44.4. The largest absolute Gasteiger partial charge is 0.481 e. The Hall–Kier alpha value is -0.570. The van der Waals surface area contributed by atoms with E-state index < -0.39 is 5.97 Å². The van der Waals surface area contributed by atoms with Crippen LogP contribution in [0.25, 0.3) is 0 Å². The molecular formula is C42H85NO2. The predicted octanol–water partition coefficient (Wildman–Crippen LogP) is 14.5. The Labute approximate surface area is 284 Å². The fourth-order valence-electron chi connectivity index (χ4n) is 6.91. The third-order valence-corrected chi connectivity index (χ3v) is 10.0. The molecule has 0 radical (unpaired) electrons. The summed E-state index contributed by atoms with van der Waals surface area (Å²) < 4.78 is 0. The second-order valence-corrected chi connectivity index (χ2v) is 14.7. The Morgan fingerprint density at radius 1 is 0.333 bits per heavy atom. The van der Waals surface area contributed by atoms with Crippen molar-refractivity contribution in [3.63, 3.8) is 0 Å². The highest BCUT2D eigenvalue weighted by atomic mass is 16.4. The van der Waals surface area contributed by atoms with E-state index in [2.05, 4.69) is 18.7 Å². The predicted molar refractivity (Wildman–Crippen MR) is 202 cm³/mol. The fourth-order valence-corrected chi connectivity index (χ4v) is 6.91. The van der Waals surface area contributed by atoms with Crippen LogP contribution in [0.4, 0.5) is 0 Å². The first-order chi connectivity index (χ1) is 22.2. The normalized spacial score (nSPS) is 11.6. The molecule has 0 heterocycles. The maximum atomic E-state index is 11.0. The second-order valence-electron chi connectivity index (χ2n) is 14.7. The van der Waals surface area contributed by atoms with Crippen LogP contribution < -0.4 is 0 Å². The van der Waals surface area contributed by atoms with E-state index in [4.69, 9.17) is 5.11 Å². The van der Waals surface area contributed by atoms with Crippen LogP contribution >= 0.6 is 0 Å². The Balaban J connectivity index is 3.60. The van der Waals surface area contributed by atoms with Gasteiger partial charge in [0, 0.05) is 6.42 Å². The van der Waals surface area contributed by atoms with Crippen molar-refractivity contribution in [1.82, 2.24) is 4.90 Å². The molecule has 0 fully saturated rings. The van der Waals surface area contributed by atoms with Gasteiger partial charge in [0.2, 0.25) is 0 Å². The van der Waals surface area contributed by atoms with E-state index in [1.165, 1.54) is 218 Å². The van der Waals surface area contributed by atoms with Crippen LogP contribution in [0, 0.1) is 0 Å². The smallest absolute Gasteiger partial charge is 0.303 e. The van der Waals surface area contributed by atoms with Crippen molar-refractivity contribution in [3.8, 4) is 0 Å². The molecule has 0 aliphatic heterocycles. The van der Waals surface area contributed by atoms with Gasteiger partial charge >= 0.3 is 5.97 Å². The second kappa shape index (κ2) is 39.6. The molecule has 0 aromatic heterocycles. The van der Waals surface area contributed by atoms with E-state index in [1.54, 1.807) is 0 Å². The van der Waals surface area contributed by atoms with E-state index in [1.807, 2.05) is 0 Å². The SMILES string of the molecule is CCCCCCCCCCCCCCCCCCCN(CCCCCCCCCCCCCCCCCCC)CCCC(=O)O. The summed E-state index contributed by atoms with van der Waals surface area (Å²) in [5.74, 6) is -0.648. The Kier molecular flexibility index (Phi) is 39.1. The number of rotatable bonds is 40. The molecule has 0 aromatic rings. The lowest BCUT2D eigenvalue weighted by Crippen LogP contribution is -2.27. The van der Waals surface area contributed by atoms with Crippen molar-refractivity contribution in [1.29, 1.82) is 0 Å². The molecule has 1 N–H and O–H groups in total. The Morgan fingerprint density at radius 3 is 0.756 bits per heavy atom. The summed E-state index contributed by atoms with van der Waals surface area (Å²) in [5.41, 5.74) is 0. The molecule has 0 aliphatic rings. The van der Waals surface area contributed by atoms with Gasteiger partial charge in [-0.1, -0.05) is 219 Å². The topological polar surface area (TPSA) is 40.5 Å². The standard InChI is InChI=1S/C42H85NO2/c1-3-5-7-9-11-13-15-17-19-21-23-25-27-29-31-33-35-39-43(41-37-38-42(44)45)40-36-34-32-30-28-26-24-22-20-18-16-14-12-10-8-6-4-2/h3-41H2,1-2H3,(H,44,45). The van der Waals surface area contributed by atoms with Crippen molar-refractivity contribution >= 4 is 5.97 Å². The molecule has 0 saturated heterocycles. The number of hydrogen-bond donors (Lipinski definition) is 1. The molecule has 0 unspecified atom stereocenters. The minimum Gasteiger partial charge on any atom is -0.481 e. The Bertz CT molecular complexity index is 513. The number of carboxylic acids is 1. The maximum absolute atomic E-state index is 11.0. The zero-order valence-corrected chi connectivity index (χ0v) is 31.4. The van der Waals surface area contributed by atoms with E-state index in [0.717, 1.165) is 26.1 Å². The fraction of sp³-hybridized carbons (Fsp3) is 0.976. The zero-order chi connectivity index (χ0) is 32.7. The average molecular weight is 636 g/mol. The summed E-state index contributed by atoms with van der Waals surface area (Å²) in [6.07, 6.45) is 49.3. The van der Waals surface area contributed by atoms with Gasteiger partial charge in [0.15, 0.2) is 0 Å². The molecule has 45 heavy (non-hydrogen) atoms. The number of nitrogens with zero attached hydrogens (tertiary/aromatic N) is 1. The van der Waals surface area contributed by atoms with Crippen molar-refractivity contribution in [2.75, 3.05) is 19.6 Å². The maximum Gasteiger partial charge on any atom is 0.303 e. The number of hydrogen-bond acceptors (Lipinski definition) is 2. The lowest BCUT2D eigenvalue weighted by molar-refractivity contribution is -0.137. The van der Waals surface area contributed by atoms with Crippen molar-refractivity contribution in [2.24, 2.45) is 0 Å². The van der Waals surface area contributed by atoms with Gasteiger partial charge in [0.05, 0.1) is 0 Å². The lowest BCUT2D eigenvalue weighted by atomic mass is 10.0. The molecule has 0 bridgehead atoms. The van der Waals surface area contributed by atoms with Gasteiger partial charge in [-0.3, -0.25) is 4.79 Å². The molecule has 0 amide bonds. The van der Waals surface area contributed by atoms with E-state index >= 15 is 0 Å². The summed E-state index contributed by atoms with van der Waals surface area (Å²) in [5, 5.41) is 9.07. The molecule has 0 saturated carbocycles. The van der Waals surface area contributed by atoms with E-state index in [0.29, 0.717) is 6.42 Å². The number of aliphatic carboxylic acids is 1. The first-order valence-electron chi connectivity index (χ1n) is 21.1. The van der Waals surface area contributed by atoms with Crippen LogP contribution in [0.2, 0.25) is 0 Å². The monoisotopic (exact) mass is 636 g/mol. The van der Waals surface area contributed by atoms with Gasteiger partial charge in [-0.25, -0.2) is 0 Å². The molecule has 3 nitrogen and oxygen atoms in total.